The minimum atomic E-state index is -3.84. The van der Waals surface area contributed by atoms with E-state index in [4.69, 9.17) is 9.47 Å². The van der Waals surface area contributed by atoms with E-state index < -0.39 is 33.6 Å². The standard InChI is InChI=1S/C22H20N2O6S/c1-22-12-11-17(30-22)18-19(22)21(26)24(20(18)25)14-5-9-16(10-6-14)31(27,28)23-13-3-7-15(29-2)8-4-13/h3-12,17-19,23H,1-2H3/t17-,18?,19?,22+/m1/s1. The van der Waals surface area contributed by atoms with Crippen molar-refractivity contribution in [1.29, 1.82) is 0 Å². The Morgan fingerprint density at radius 3 is 2.32 bits per heavy atom. The van der Waals surface area contributed by atoms with E-state index in [2.05, 4.69) is 4.72 Å². The Kier molecular flexibility index (Phi) is 4.25. The van der Waals surface area contributed by atoms with E-state index in [1.807, 2.05) is 19.1 Å². The van der Waals surface area contributed by atoms with E-state index in [1.54, 1.807) is 24.3 Å². The first-order valence-electron chi connectivity index (χ1n) is 9.75. The van der Waals surface area contributed by atoms with Gasteiger partial charge in [0.15, 0.2) is 0 Å². The Balaban J connectivity index is 1.38. The third kappa shape index (κ3) is 2.95. The number of carbonyl (C=O) groups excluding carboxylic acids is 2. The van der Waals surface area contributed by atoms with E-state index in [9.17, 15) is 18.0 Å². The van der Waals surface area contributed by atoms with Crippen molar-refractivity contribution in [3.05, 3.63) is 60.7 Å². The minimum Gasteiger partial charge on any atom is -0.497 e. The quantitative estimate of drug-likeness (QED) is 0.566. The van der Waals surface area contributed by atoms with E-state index in [1.165, 1.54) is 31.4 Å². The number of amides is 2. The lowest BCUT2D eigenvalue weighted by molar-refractivity contribution is -0.126. The number of sulfonamides is 1. The molecule has 2 aromatic carbocycles. The fourth-order valence-corrected chi connectivity index (χ4v) is 5.61. The Labute approximate surface area is 179 Å². The molecule has 0 spiro atoms. The highest BCUT2D eigenvalue weighted by Gasteiger charge is 2.66. The molecule has 3 aliphatic heterocycles. The van der Waals surface area contributed by atoms with Gasteiger partial charge < -0.3 is 9.47 Å². The van der Waals surface area contributed by atoms with Crippen LogP contribution >= 0.6 is 0 Å². The Morgan fingerprint density at radius 1 is 1.03 bits per heavy atom. The molecule has 2 unspecified atom stereocenters. The molecule has 5 rings (SSSR count). The van der Waals surface area contributed by atoms with Crippen LogP contribution in [-0.4, -0.2) is 39.0 Å². The highest BCUT2D eigenvalue weighted by Crippen LogP contribution is 2.52. The van der Waals surface area contributed by atoms with Crippen molar-refractivity contribution in [3.8, 4) is 5.75 Å². The number of fused-ring (bicyclic) bond motifs is 5. The van der Waals surface area contributed by atoms with Crippen LogP contribution in [0.5, 0.6) is 5.75 Å². The summed E-state index contributed by atoms with van der Waals surface area (Å²) in [6, 6.07) is 12.2. The monoisotopic (exact) mass is 440 g/mol. The molecule has 1 N–H and O–H groups in total. The zero-order valence-electron chi connectivity index (χ0n) is 16.8. The number of nitrogens with zero attached hydrogens (tertiary/aromatic N) is 1. The highest BCUT2D eigenvalue weighted by atomic mass is 32.2. The number of ether oxygens (including phenoxy) is 2. The number of rotatable bonds is 5. The normalized spacial score (nSPS) is 28.8. The van der Waals surface area contributed by atoms with Gasteiger partial charge in [-0.2, -0.15) is 0 Å². The molecular weight excluding hydrogens is 420 g/mol. The maximum atomic E-state index is 13.0. The highest BCUT2D eigenvalue weighted by molar-refractivity contribution is 7.92. The minimum absolute atomic E-state index is 0.0170. The molecule has 2 bridgehead atoms. The van der Waals surface area contributed by atoms with Gasteiger partial charge in [-0.05, 0) is 55.5 Å². The van der Waals surface area contributed by atoms with Gasteiger partial charge in [0.25, 0.3) is 10.0 Å². The lowest BCUT2D eigenvalue weighted by Crippen LogP contribution is -2.38. The molecule has 9 heteroatoms. The number of benzene rings is 2. The lowest BCUT2D eigenvalue weighted by atomic mass is 9.78. The summed E-state index contributed by atoms with van der Waals surface area (Å²) in [5, 5.41) is 0. The first-order valence-corrected chi connectivity index (χ1v) is 11.2. The van der Waals surface area contributed by atoms with Gasteiger partial charge in [0.2, 0.25) is 11.8 Å². The molecule has 31 heavy (non-hydrogen) atoms. The second-order valence-corrected chi connectivity index (χ2v) is 9.65. The Morgan fingerprint density at radius 2 is 1.71 bits per heavy atom. The number of anilines is 2. The molecule has 160 valence electrons. The van der Waals surface area contributed by atoms with Gasteiger partial charge in [0.05, 0.1) is 41.2 Å². The zero-order valence-corrected chi connectivity index (χ0v) is 17.6. The molecule has 2 saturated heterocycles. The molecule has 0 radical (unpaired) electrons. The van der Waals surface area contributed by atoms with E-state index in [-0.39, 0.29) is 16.7 Å². The lowest BCUT2D eigenvalue weighted by Gasteiger charge is -2.24. The van der Waals surface area contributed by atoms with Crippen molar-refractivity contribution in [1.82, 2.24) is 0 Å². The van der Waals surface area contributed by atoms with Crippen LogP contribution in [0.3, 0.4) is 0 Å². The molecule has 2 aromatic rings. The molecule has 3 heterocycles. The topological polar surface area (TPSA) is 102 Å². The maximum Gasteiger partial charge on any atom is 0.261 e. The van der Waals surface area contributed by atoms with Crippen molar-refractivity contribution in [2.24, 2.45) is 11.8 Å². The van der Waals surface area contributed by atoms with Gasteiger partial charge in [-0.25, -0.2) is 13.3 Å². The van der Waals surface area contributed by atoms with Crippen molar-refractivity contribution >= 4 is 33.2 Å². The number of hydrogen-bond acceptors (Lipinski definition) is 6. The second-order valence-electron chi connectivity index (χ2n) is 7.97. The molecule has 3 aliphatic rings. The molecule has 0 aromatic heterocycles. The number of methoxy groups -OCH3 is 1. The van der Waals surface area contributed by atoms with E-state index in [0.29, 0.717) is 17.1 Å². The van der Waals surface area contributed by atoms with Crippen LogP contribution in [0.4, 0.5) is 11.4 Å². The van der Waals surface area contributed by atoms with Gasteiger partial charge in [-0.1, -0.05) is 12.2 Å². The van der Waals surface area contributed by atoms with Gasteiger partial charge in [0, 0.05) is 5.69 Å². The average molecular weight is 440 g/mol. The van der Waals surface area contributed by atoms with Gasteiger partial charge >= 0.3 is 0 Å². The maximum absolute atomic E-state index is 13.0. The van der Waals surface area contributed by atoms with Crippen molar-refractivity contribution < 1.29 is 27.5 Å². The zero-order chi connectivity index (χ0) is 22.0. The molecule has 2 fully saturated rings. The summed E-state index contributed by atoms with van der Waals surface area (Å²) < 4.78 is 38.8. The number of imide groups is 1. The van der Waals surface area contributed by atoms with Crippen LogP contribution in [0, 0.1) is 11.8 Å². The first kappa shape index (κ1) is 19.8. The smallest absolute Gasteiger partial charge is 0.261 e. The SMILES string of the molecule is COc1ccc(NS(=O)(=O)c2ccc(N3C(=O)C4C(C3=O)[C@]3(C)C=C[C@H]4O3)cc2)cc1. The largest absolute Gasteiger partial charge is 0.497 e. The molecule has 0 aliphatic carbocycles. The summed E-state index contributed by atoms with van der Waals surface area (Å²) in [7, 11) is -2.32. The van der Waals surface area contributed by atoms with Crippen LogP contribution < -0.4 is 14.4 Å². The predicted octanol–water partition coefficient (Wildman–Crippen LogP) is 2.33. The van der Waals surface area contributed by atoms with Crippen LogP contribution in [0.15, 0.2) is 65.6 Å². The van der Waals surface area contributed by atoms with Crippen LogP contribution in [0.1, 0.15) is 6.92 Å². The molecule has 2 amide bonds. The summed E-state index contributed by atoms with van der Waals surface area (Å²) in [4.78, 5) is 27.1. The summed E-state index contributed by atoms with van der Waals surface area (Å²) in [6.45, 7) is 1.81. The second kappa shape index (κ2) is 6.66. The predicted molar refractivity (Wildman–Crippen MR) is 112 cm³/mol. The van der Waals surface area contributed by atoms with Crippen LogP contribution in [0.2, 0.25) is 0 Å². The number of hydrogen-bond donors (Lipinski definition) is 1. The van der Waals surface area contributed by atoms with Crippen molar-refractivity contribution in [2.75, 3.05) is 16.7 Å². The fourth-order valence-electron chi connectivity index (χ4n) is 4.55. The molecular formula is C22H20N2O6S. The number of nitrogens with one attached hydrogen (secondary N) is 1. The van der Waals surface area contributed by atoms with E-state index in [0.717, 1.165) is 4.90 Å². The summed E-state index contributed by atoms with van der Waals surface area (Å²) >= 11 is 0. The van der Waals surface area contributed by atoms with Crippen LogP contribution in [0.25, 0.3) is 0 Å². The van der Waals surface area contributed by atoms with Crippen molar-refractivity contribution in [2.45, 2.75) is 23.5 Å². The van der Waals surface area contributed by atoms with Gasteiger partial charge in [0.1, 0.15) is 5.75 Å². The Bertz CT molecular complexity index is 1210. The summed E-state index contributed by atoms with van der Waals surface area (Å²) in [5.41, 5.74) is -0.0443. The van der Waals surface area contributed by atoms with Gasteiger partial charge in [-0.3, -0.25) is 14.3 Å². The first-order chi connectivity index (χ1) is 14.7. The van der Waals surface area contributed by atoms with E-state index >= 15 is 0 Å². The molecule has 8 nitrogen and oxygen atoms in total. The van der Waals surface area contributed by atoms with Crippen molar-refractivity contribution in [3.63, 3.8) is 0 Å². The summed E-state index contributed by atoms with van der Waals surface area (Å²) in [5.74, 6) is -1.13. The third-order valence-corrected chi connectivity index (χ3v) is 7.47. The molecule has 0 saturated carbocycles. The summed E-state index contributed by atoms with van der Waals surface area (Å²) in [6.07, 6.45) is 3.27. The average Bonchev–Trinajstić information content (AvgIpc) is 3.36. The molecule has 4 atom stereocenters. The van der Waals surface area contributed by atoms with Crippen LogP contribution in [-0.2, 0) is 24.3 Å². The van der Waals surface area contributed by atoms with Gasteiger partial charge in [-0.15, -0.1) is 0 Å². The number of carbonyl (C=O) groups is 2. The third-order valence-electron chi connectivity index (χ3n) is 6.08. The fraction of sp³-hybridized carbons (Fsp3) is 0.273. The Hall–Kier alpha value is -3.17.